The first-order valence-corrected chi connectivity index (χ1v) is 9.98. The van der Waals surface area contributed by atoms with E-state index in [1.54, 1.807) is 0 Å². The van der Waals surface area contributed by atoms with Gasteiger partial charge in [0.05, 0.1) is 11.7 Å². The normalized spacial score (nSPS) is 19.6. The minimum absolute atomic E-state index is 0. The maximum Gasteiger partial charge on any atom is 0.276 e. The van der Waals surface area contributed by atoms with E-state index in [-0.39, 0.29) is 18.3 Å². The molecule has 2 aliphatic heterocycles. The second-order valence-electron chi connectivity index (χ2n) is 8.16. The molecule has 26 heavy (non-hydrogen) atoms. The molecule has 1 amide bonds. The van der Waals surface area contributed by atoms with Crippen molar-refractivity contribution in [2.75, 3.05) is 26.2 Å². The number of hydrogen-bond donors (Lipinski definition) is 1. The molecule has 0 spiro atoms. The first-order chi connectivity index (χ1) is 12.1. The fraction of sp³-hybridized carbons (Fsp3) is 0.842. The Kier molecular flexibility index (Phi) is 7.89. The second kappa shape index (κ2) is 9.70. The Morgan fingerprint density at radius 1 is 1.19 bits per heavy atom. The van der Waals surface area contributed by atoms with E-state index in [9.17, 15) is 4.79 Å². The van der Waals surface area contributed by atoms with Gasteiger partial charge >= 0.3 is 0 Å². The average molecular weight is 384 g/mol. The zero-order valence-electron chi connectivity index (χ0n) is 16.4. The number of hydrogen-bond acceptors (Lipinski definition) is 4. The molecule has 3 heterocycles. The van der Waals surface area contributed by atoms with Gasteiger partial charge in [0, 0.05) is 13.1 Å². The van der Waals surface area contributed by atoms with Gasteiger partial charge in [0.15, 0.2) is 5.69 Å². The standard InChI is InChI=1S/C19H33N5O.ClH/c1-14(2)4-5-16-8-12-23(13-9-16)19(25)18-15(3)24(22-21-18)17-6-10-20-11-7-17;/h14,16-17,20H,4-13H2,1-3H3;1H. The van der Waals surface area contributed by atoms with Gasteiger partial charge < -0.3 is 10.2 Å². The van der Waals surface area contributed by atoms with Crippen molar-refractivity contribution in [2.45, 2.75) is 65.3 Å². The summed E-state index contributed by atoms with van der Waals surface area (Å²) in [6, 6.07) is 0.372. The number of nitrogens with zero attached hydrogens (tertiary/aromatic N) is 4. The van der Waals surface area contributed by atoms with Crippen molar-refractivity contribution in [3.05, 3.63) is 11.4 Å². The number of likely N-dealkylation sites (tertiary alicyclic amines) is 1. The molecule has 2 fully saturated rings. The van der Waals surface area contributed by atoms with E-state index in [0.717, 1.165) is 69.4 Å². The van der Waals surface area contributed by atoms with Crippen LogP contribution in [0.25, 0.3) is 0 Å². The summed E-state index contributed by atoms with van der Waals surface area (Å²) in [5.41, 5.74) is 1.48. The van der Waals surface area contributed by atoms with Gasteiger partial charge in [0.1, 0.15) is 0 Å². The number of halogens is 1. The second-order valence-corrected chi connectivity index (χ2v) is 8.16. The molecular formula is C19H34ClN5O. The predicted octanol–water partition coefficient (Wildman–Crippen LogP) is 3.22. The van der Waals surface area contributed by atoms with E-state index in [1.165, 1.54) is 12.8 Å². The Balaban J connectivity index is 0.00000243. The van der Waals surface area contributed by atoms with Crippen molar-refractivity contribution in [1.29, 1.82) is 0 Å². The molecule has 3 rings (SSSR count). The van der Waals surface area contributed by atoms with Gasteiger partial charge in [-0.05, 0) is 57.5 Å². The molecule has 6 nitrogen and oxygen atoms in total. The molecule has 2 saturated heterocycles. The summed E-state index contributed by atoms with van der Waals surface area (Å²) < 4.78 is 1.98. The van der Waals surface area contributed by atoms with Crippen LogP contribution in [0.15, 0.2) is 0 Å². The summed E-state index contributed by atoms with van der Waals surface area (Å²) in [5, 5.41) is 11.9. The highest BCUT2D eigenvalue weighted by molar-refractivity contribution is 5.93. The van der Waals surface area contributed by atoms with Crippen LogP contribution in [0.1, 0.15) is 74.6 Å². The largest absolute Gasteiger partial charge is 0.337 e. The fourth-order valence-corrected chi connectivity index (χ4v) is 4.08. The lowest BCUT2D eigenvalue weighted by molar-refractivity contribution is 0.0677. The molecule has 1 aromatic rings. The monoisotopic (exact) mass is 383 g/mol. The maximum atomic E-state index is 12.9. The molecule has 0 unspecified atom stereocenters. The lowest BCUT2D eigenvalue weighted by atomic mass is 9.89. The van der Waals surface area contributed by atoms with Crippen LogP contribution >= 0.6 is 12.4 Å². The van der Waals surface area contributed by atoms with E-state index in [1.807, 2.05) is 16.5 Å². The molecule has 0 aromatic carbocycles. The van der Waals surface area contributed by atoms with Crippen LogP contribution in [0.3, 0.4) is 0 Å². The van der Waals surface area contributed by atoms with Gasteiger partial charge in [0.25, 0.3) is 5.91 Å². The van der Waals surface area contributed by atoms with Crippen LogP contribution in [-0.2, 0) is 0 Å². The Labute approximate surface area is 163 Å². The van der Waals surface area contributed by atoms with E-state index in [2.05, 4.69) is 29.5 Å². The minimum atomic E-state index is 0. The zero-order valence-corrected chi connectivity index (χ0v) is 17.2. The number of aromatic nitrogens is 3. The number of carbonyl (C=O) groups is 1. The van der Waals surface area contributed by atoms with E-state index >= 15 is 0 Å². The van der Waals surface area contributed by atoms with Crippen molar-refractivity contribution in [2.24, 2.45) is 11.8 Å². The van der Waals surface area contributed by atoms with Crippen LogP contribution in [0.5, 0.6) is 0 Å². The third-order valence-electron chi connectivity index (χ3n) is 5.84. The van der Waals surface area contributed by atoms with Crippen LogP contribution in [0, 0.1) is 18.8 Å². The van der Waals surface area contributed by atoms with Crippen LogP contribution in [0.4, 0.5) is 0 Å². The summed E-state index contributed by atoms with van der Waals surface area (Å²) in [6.07, 6.45) is 6.95. The third kappa shape index (κ3) is 4.97. The SMILES string of the molecule is Cc1c(C(=O)N2CCC(CCC(C)C)CC2)nnn1C1CCNCC1.Cl. The topological polar surface area (TPSA) is 63.1 Å². The molecule has 7 heteroatoms. The molecule has 1 aromatic heterocycles. The van der Waals surface area contributed by atoms with Gasteiger partial charge in [0.2, 0.25) is 0 Å². The van der Waals surface area contributed by atoms with Crippen molar-refractivity contribution in [1.82, 2.24) is 25.2 Å². The molecular weight excluding hydrogens is 350 g/mol. The van der Waals surface area contributed by atoms with Gasteiger partial charge in [-0.3, -0.25) is 4.79 Å². The van der Waals surface area contributed by atoms with E-state index in [4.69, 9.17) is 0 Å². The highest BCUT2D eigenvalue weighted by Gasteiger charge is 2.28. The molecule has 0 radical (unpaired) electrons. The molecule has 148 valence electrons. The lowest BCUT2D eigenvalue weighted by Gasteiger charge is -2.32. The van der Waals surface area contributed by atoms with Gasteiger partial charge in [-0.15, -0.1) is 17.5 Å². The quantitative estimate of drug-likeness (QED) is 0.847. The molecule has 0 saturated carbocycles. The maximum absolute atomic E-state index is 12.9. The van der Waals surface area contributed by atoms with Gasteiger partial charge in [-0.25, -0.2) is 4.68 Å². The molecule has 0 bridgehead atoms. The van der Waals surface area contributed by atoms with Crippen molar-refractivity contribution in [3.63, 3.8) is 0 Å². The van der Waals surface area contributed by atoms with E-state index < -0.39 is 0 Å². The molecule has 0 atom stereocenters. The highest BCUT2D eigenvalue weighted by atomic mass is 35.5. The number of amides is 1. The summed E-state index contributed by atoms with van der Waals surface area (Å²) >= 11 is 0. The van der Waals surface area contributed by atoms with Crippen molar-refractivity contribution < 1.29 is 4.79 Å². The van der Waals surface area contributed by atoms with E-state index in [0.29, 0.717) is 11.7 Å². The molecule has 1 N–H and O–H groups in total. The molecule has 2 aliphatic rings. The Hall–Kier alpha value is -1.14. The Morgan fingerprint density at radius 3 is 2.46 bits per heavy atom. The predicted molar refractivity (Wildman–Crippen MR) is 106 cm³/mol. The lowest BCUT2D eigenvalue weighted by Crippen LogP contribution is -2.39. The van der Waals surface area contributed by atoms with Gasteiger partial charge in [-0.1, -0.05) is 31.9 Å². The number of carbonyl (C=O) groups excluding carboxylic acids is 1. The van der Waals surface area contributed by atoms with Crippen LogP contribution < -0.4 is 5.32 Å². The molecule has 0 aliphatic carbocycles. The number of piperidine rings is 2. The first-order valence-electron chi connectivity index (χ1n) is 9.98. The first kappa shape index (κ1) is 21.2. The van der Waals surface area contributed by atoms with Gasteiger partial charge in [-0.2, -0.15) is 0 Å². The summed E-state index contributed by atoms with van der Waals surface area (Å²) in [6.45, 7) is 10.3. The number of rotatable bonds is 5. The summed E-state index contributed by atoms with van der Waals surface area (Å²) in [7, 11) is 0. The highest BCUT2D eigenvalue weighted by Crippen LogP contribution is 2.26. The third-order valence-corrected chi connectivity index (χ3v) is 5.84. The summed E-state index contributed by atoms with van der Waals surface area (Å²) in [5.74, 6) is 1.62. The average Bonchev–Trinajstić information content (AvgIpc) is 3.02. The van der Waals surface area contributed by atoms with Crippen LogP contribution in [-0.4, -0.2) is 52.0 Å². The summed E-state index contributed by atoms with van der Waals surface area (Å²) in [4.78, 5) is 14.9. The minimum Gasteiger partial charge on any atom is -0.337 e. The number of nitrogens with one attached hydrogen (secondary N) is 1. The van der Waals surface area contributed by atoms with Crippen molar-refractivity contribution in [3.8, 4) is 0 Å². The fourth-order valence-electron chi connectivity index (χ4n) is 4.08. The zero-order chi connectivity index (χ0) is 17.8. The van der Waals surface area contributed by atoms with Crippen molar-refractivity contribution >= 4 is 18.3 Å². The Morgan fingerprint density at radius 2 is 1.85 bits per heavy atom. The Bertz CT molecular complexity index is 574. The van der Waals surface area contributed by atoms with Crippen LogP contribution in [0.2, 0.25) is 0 Å². The smallest absolute Gasteiger partial charge is 0.276 e.